The number of anilines is 1. The van der Waals surface area contributed by atoms with E-state index < -0.39 is 0 Å². The molecule has 18 heavy (non-hydrogen) atoms. The third kappa shape index (κ3) is 3.34. The Balaban J connectivity index is 2.01. The van der Waals surface area contributed by atoms with Gasteiger partial charge in [0, 0.05) is 17.8 Å². The third-order valence-electron chi connectivity index (χ3n) is 2.67. The van der Waals surface area contributed by atoms with Crippen molar-refractivity contribution in [3.63, 3.8) is 0 Å². The number of hydrogen-bond donors (Lipinski definition) is 1. The highest BCUT2D eigenvalue weighted by molar-refractivity contribution is 6.17. The average Bonchev–Trinajstić information content (AvgIpc) is 2.39. The molecule has 0 spiro atoms. The highest BCUT2D eigenvalue weighted by Gasteiger charge is 2.02. The molecule has 0 unspecified atom stereocenters. The number of nitrogens with zero attached hydrogens (tertiary/aromatic N) is 1. The summed E-state index contributed by atoms with van der Waals surface area (Å²) < 4.78 is 5.31. The molecule has 0 amide bonds. The second-order valence-corrected chi connectivity index (χ2v) is 4.45. The summed E-state index contributed by atoms with van der Waals surface area (Å²) in [6.07, 6.45) is 0. The van der Waals surface area contributed by atoms with Crippen LogP contribution in [-0.2, 0) is 4.74 Å². The Morgan fingerprint density at radius 1 is 1.28 bits per heavy atom. The summed E-state index contributed by atoms with van der Waals surface area (Å²) in [5, 5.41) is 4.45. The summed E-state index contributed by atoms with van der Waals surface area (Å²) in [5.74, 6) is 1.45. The second kappa shape index (κ2) is 6.57. The average molecular weight is 265 g/mol. The number of ether oxygens (including phenoxy) is 1. The van der Waals surface area contributed by atoms with E-state index in [0.717, 1.165) is 23.4 Å². The summed E-state index contributed by atoms with van der Waals surface area (Å²) in [4.78, 5) is 4.60. The van der Waals surface area contributed by atoms with Crippen molar-refractivity contribution in [3.8, 4) is 0 Å². The molecule has 2 aromatic rings. The number of fused-ring (bicyclic) bond motifs is 1. The highest BCUT2D eigenvalue weighted by atomic mass is 35.5. The Kier molecular flexibility index (Phi) is 4.79. The Bertz CT molecular complexity index is 516. The van der Waals surface area contributed by atoms with Crippen molar-refractivity contribution in [1.29, 1.82) is 0 Å². The molecule has 0 fully saturated rings. The zero-order valence-corrected chi connectivity index (χ0v) is 11.2. The van der Waals surface area contributed by atoms with Crippen molar-refractivity contribution in [1.82, 2.24) is 4.98 Å². The molecule has 0 atom stereocenters. The number of benzene rings is 1. The van der Waals surface area contributed by atoms with Crippen LogP contribution in [0, 0.1) is 6.92 Å². The van der Waals surface area contributed by atoms with Crippen LogP contribution in [0.4, 0.5) is 5.82 Å². The van der Waals surface area contributed by atoms with Gasteiger partial charge in [-0.15, -0.1) is 11.6 Å². The molecule has 0 aliphatic heterocycles. The molecule has 0 bridgehead atoms. The smallest absolute Gasteiger partial charge is 0.129 e. The number of hydrogen-bond acceptors (Lipinski definition) is 3. The van der Waals surface area contributed by atoms with Crippen LogP contribution >= 0.6 is 11.6 Å². The van der Waals surface area contributed by atoms with Crippen molar-refractivity contribution in [2.75, 3.05) is 31.0 Å². The van der Waals surface area contributed by atoms with Crippen LogP contribution in [0.3, 0.4) is 0 Å². The monoisotopic (exact) mass is 264 g/mol. The predicted molar refractivity (Wildman–Crippen MR) is 76.5 cm³/mol. The molecule has 0 radical (unpaired) electrons. The number of rotatable bonds is 6. The Morgan fingerprint density at radius 2 is 2.11 bits per heavy atom. The molecule has 1 aromatic carbocycles. The van der Waals surface area contributed by atoms with Gasteiger partial charge in [0.1, 0.15) is 5.82 Å². The molecule has 1 heterocycles. The van der Waals surface area contributed by atoms with Gasteiger partial charge in [-0.05, 0) is 24.6 Å². The van der Waals surface area contributed by atoms with E-state index in [1.807, 2.05) is 18.2 Å². The summed E-state index contributed by atoms with van der Waals surface area (Å²) in [6, 6.07) is 10.3. The molecular weight excluding hydrogens is 248 g/mol. The fourth-order valence-electron chi connectivity index (χ4n) is 1.80. The fourth-order valence-corrected chi connectivity index (χ4v) is 1.91. The van der Waals surface area contributed by atoms with Crippen LogP contribution < -0.4 is 5.32 Å². The molecule has 96 valence electrons. The number of aromatic nitrogens is 1. The Morgan fingerprint density at radius 3 is 2.94 bits per heavy atom. The number of nitrogens with one attached hydrogen (secondary N) is 1. The SMILES string of the molecule is Cc1cc2ccccc2nc1NCCOCCCl. The molecule has 0 aliphatic carbocycles. The first-order valence-electron chi connectivity index (χ1n) is 6.05. The fraction of sp³-hybridized carbons (Fsp3) is 0.357. The van der Waals surface area contributed by atoms with Gasteiger partial charge in [-0.2, -0.15) is 0 Å². The first-order valence-corrected chi connectivity index (χ1v) is 6.58. The summed E-state index contributed by atoms with van der Waals surface area (Å²) in [5.41, 5.74) is 2.15. The van der Waals surface area contributed by atoms with Gasteiger partial charge in [-0.3, -0.25) is 0 Å². The molecule has 2 rings (SSSR count). The van der Waals surface area contributed by atoms with Crippen LogP contribution in [0.25, 0.3) is 10.9 Å². The first kappa shape index (κ1) is 13.1. The molecule has 3 nitrogen and oxygen atoms in total. The Hall–Kier alpha value is -1.32. The second-order valence-electron chi connectivity index (χ2n) is 4.07. The van der Waals surface area contributed by atoms with E-state index in [9.17, 15) is 0 Å². The van der Waals surface area contributed by atoms with Crippen LogP contribution in [0.2, 0.25) is 0 Å². The van der Waals surface area contributed by atoms with Crippen LogP contribution in [-0.4, -0.2) is 30.6 Å². The zero-order valence-electron chi connectivity index (χ0n) is 10.4. The minimum atomic E-state index is 0.535. The number of para-hydroxylation sites is 1. The molecule has 1 N–H and O–H groups in total. The molecular formula is C14H17ClN2O. The summed E-state index contributed by atoms with van der Waals surface area (Å²) >= 11 is 5.53. The van der Waals surface area contributed by atoms with E-state index in [2.05, 4.69) is 29.4 Å². The maximum atomic E-state index is 5.53. The van der Waals surface area contributed by atoms with Gasteiger partial charge in [0.05, 0.1) is 18.7 Å². The van der Waals surface area contributed by atoms with Crippen LogP contribution in [0.5, 0.6) is 0 Å². The van der Waals surface area contributed by atoms with Crippen molar-refractivity contribution >= 4 is 28.3 Å². The number of pyridine rings is 1. The minimum Gasteiger partial charge on any atom is -0.378 e. The predicted octanol–water partition coefficient (Wildman–Crippen LogP) is 3.21. The van der Waals surface area contributed by atoms with Crippen molar-refractivity contribution in [2.45, 2.75) is 6.92 Å². The van der Waals surface area contributed by atoms with Crippen molar-refractivity contribution in [3.05, 3.63) is 35.9 Å². The van der Waals surface area contributed by atoms with Crippen LogP contribution in [0.15, 0.2) is 30.3 Å². The van der Waals surface area contributed by atoms with Crippen molar-refractivity contribution in [2.24, 2.45) is 0 Å². The number of alkyl halides is 1. The van der Waals surface area contributed by atoms with Gasteiger partial charge in [0.25, 0.3) is 0 Å². The molecule has 0 saturated carbocycles. The van der Waals surface area contributed by atoms with Gasteiger partial charge in [0.2, 0.25) is 0 Å². The van der Waals surface area contributed by atoms with Gasteiger partial charge in [-0.1, -0.05) is 18.2 Å². The van der Waals surface area contributed by atoms with E-state index in [0.29, 0.717) is 19.1 Å². The lowest BCUT2D eigenvalue weighted by Gasteiger charge is -2.10. The number of aryl methyl sites for hydroxylation is 1. The van der Waals surface area contributed by atoms with E-state index in [1.54, 1.807) is 0 Å². The Labute approximate surface area is 112 Å². The topological polar surface area (TPSA) is 34.2 Å². The first-order chi connectivity index (χ1) is 8.81. The lowest BCUT2D eigenvalue weighted by Crippen LogP contribution is -2.12. The van der Waals surface area contributed by atoms with E-state index >= 15 is 0 Å². The van der Waals surface area contributed by atoms with Crippen LogP contribution in [0.1, 0.15) is 5.56 Å². The van der Waals surface area contributed by atoms with Gasteiger partial charge < -0.3 is 10.1 Å². The maximum absolute atomic E-state index is 5.53. The summed E-state index contributed by atoms with van der Waals surface area (Å²) in [6.45, 7) is 4.03. The lowest BCUT2D eigenvalue weighted by atomic mass is 10.1. The normalized spacial score (nSPS) is 10.8. The third-order valence-corrected chi connectivity index (χ3v) is 2.83. The quantitative estimate of drug-likeness (QED) is 0.643. The number of halogens is 1. The lowest BCUT2D eigenvalue weighted by molar-refractivity contribution is 0.160. The summed E-state index contributed by atoms with van der Waals surface area (Å²) in [7, 11) is 0. The van der Waals surface area contributed by atoms with Gasteiger partial charge in [0.15, 0.2) is 0 Å². The maximum Gasteiger partial charge on any atom is 0.129 e. The largest absolute Gasteiger partial charge is 0.378 e. The standard InChI is InChI=1S/C14H17ClN2O/c1-11-10-12-4-2-3-5-13(12)17-14(11)16-7-9-18-8-6-15/h2-5,10H,6-9H2,1H3,(H,16,17). The van der Waals surface area contributed by atoms with Gasteiger partial charge >= 0.3 is 0 Å². The minimum absolute atomic E-state index is 0.535. The molecule has 0 saturated heterocycles. The highest BCUT2D eigenvalue weighted by Crippen LogP contribution is 2.19. The van der Waals surface area contributed by atoms with E-state index in [-0.39, 0.29) is 0 Å². The molecule has 1 aromatic heterocycles. The van der Waals surface area contributed by atoms with E-state index in [4.69, 9.17) is 16.3 Å². The zero-order chi connectivity index (χ0) is 12.8. The van der Waals surface area contributed by atoms with Gasteiger partial charge in [-0.25, -0.2) is 4.98 Å². The molecule has 4 heteroatoms. The van der Waals surface area contributed by atoms with Crippen molar-refractivity contribution < 1.29 is 4.74 Å². The van der Waals surface area contributed by atoms with E-state index in [1.165, 1.54) is 5.39 Å². The molecule has 0 aliphatic rings.